The standard InChI is InChI=1S/C11H16N2OS/c1-6-4-9(6)5-12-11-10(8(3)14)7(2)13-15-11/h6,9,12H,4-5H2,1-3H3. The molecule has 1 aromatic rings. The summed E-state index contributed by atoms with van der Waals surface area (Å²) in [5, 5.41) is 4.29. The molecule has 0 radical (unpaired) electrons. The average Bonchev–Trinajstić information content (AvgIpc) is 2.72. The summed E-state index contributed by atoms with van der Waals surface area (Å²) in [5.74, 6) is 1.73. The van der Waals surface area contributed by atoms with Gasteiger partial charge in [0.1, 0.15) is 5.00 Å². The van der Waals surface area contributed by atoms with Gasteiger partial charge in [0.2, 0.25) is 0 Å². The summed E-state index contributed by atoms with van der Waals surface area (Å²) >= 11 is 1.39. The number of hydrogen-bond donors (Lipinski definition) is 1. The highest BCUT2D eigenvalue weighted by molar-refractivity contribution is 7.10. The van der Waals surface area contributed by atoms with Crippen LogP contribution in [0.4, 0.5) is 5.00 Å². The van der Waals surface area contributed by atoms with Crippen molar-refractivity contribution in [2.45, 2.75) is 27.2 Å². The van der Waals surface area contributed by atoms with Gasteiger partial charge in [0, 0.05) is 6.54 Å². The maximum Gasteiger partial charge on any atom is 0.164 e. The van der Waals surface area contributed by atoms with E-state index in [1.807, 2.05) is 6.92 Å². The number of aromatic nitrogens is 1. The van der Waals surface area contributed by atoms with Crippen LogP contribution in [-0.4, -0.2) is 16.7 Å². The molecule has 1 aliphatic rings. The van der Waals surface area contributed by atoms with E-state index < -0.39 is 0 Å². The van der Waals surface area contributed by atoms with E-state index in [0.717, 1.165) is 34.6 Å². The number of ketones is 1. The molecule has 0 bridgehead atoms. The Morgan fingerprint density at radius 1 is 1.67 bits per heavy atom. The van der Waals surface area contributed by atoms with Crippen molar-refractivity contribution in [1.82, 2.24) is 4.37 Å². The topological polar surface area (TPSA) is 42.0 Å². The lowest BCUT2D eigenvalue weighted by Crippen LogP contribution is -2.06. The lowest BCUT2D eigenvalue weighted by atomic mass is 10.2. The Bertz CT molecular complexity index is 386. The van der Waals surface area contributed by atoms with E-state index in [4.69, 9.17) is 0 Å². The second-order valence-corrected chi connectivity index (χ2v) is 5.16. The molecule has 2 rings (SSSR count). The Balaban J connectivity index is 2.04. The number of anilines is 1. The van der Waals surface area contributed by atoms with Crippen LogP contribution in [0.5, 0.6) is 0 Å². The van der Waals surface area contributed by atoms with Gasteiger partial charge in [-0.1, -0.05) is 6.92 Å². The number of nitrogens with zero attached hydrogens (tertiary/aromatic N) is 1. The largest absolute Gasteiger partial charge is 0.375 e. The van der Waals surface area contributed by atoms with Crippen LogP contribution in [0.2, 0.25) is 0 Å². The molecule has 15 heavy (non-hydrogen) atoms. The zero-order valence-corrected chi connectivity index (χ0v) is 10.1. The molecule has 1 aliphatic carbocycles. The Hall–Kier alpha value is -0.900. The molecule has 0 aromatic carbocycles. The van der Waals surface area contributed by atoms with Gasteiger partial charge in [-0.15, -0.1) is 0 Å². The molecule has 1 aromatic heterocycles. The SMILES string of the molecule is CC(=O)c1c(C)nsc1NCC1CC1C. The van der Waals surface area contributed by atoms with E-state index in [9.17, 15) is 4.79 Å². The molecule has 2 atom stereocenters. The van der Waals surface area contributed by atoms with Gasteiger partial charge in [-0.25, -0.2) is 0 Å². The molecular weight excluding hydrogens is 208 g/mol. The highest BCUT2D eigenvalue weighted by Crippen LogP contribution is 2.38. The van der Waals surface area contributed by atoms with Gasteiger partial charge in [-0.2, -0.15) is 4.37 Å². The third-order valence-corrected chi connectivity index (χ3v) is 3.91. The van der Waals surface area contributed by atoms with Gasteiger partial charge < -0.3 is 5.32 Å². The number of carbonyl (C=O) groups is 1. The summed E-state index contributed by atoms with van der Waals surface area (Å²) in [6.07, 6.45) is 1.31. The van der Waals surface area contributed by atoms with Crippen LogP contribution in [0.15, 0.2) is 0 Å². The predicted octanol–water partition coefficient (Wildman–Crippen LogP) is 2.72. The third kappa shape index (κ3) is 2.20. The second kappa shape index (κ2) is 3.93. The monoisotopic (exact) mass is 224 g/mol. The molecule has 82 valence electrons. The van der Waals surface area contributed by atoms with Crippen molar-refractivity contribution in [1.29, 1.82) is 0 Å². The first-order valence-corrected chi connectivity index (χ1v) is 6.08. The second-order valence-electron chi connectivity index (χ2n) is 4.38. The molecule has 0 amide bonds. The van der Waals surface area contributed by atoms with Gasteiger partial charge in [0.05, 0.1) is 11.3 Å². The highest BCUT2D eigenvalue weighted by Gasteiger charge is 2.32. The van der Waals surface area contributed by atoms with E-state index in [1.165, 1.54) is 18.0 Å². The maximum absolute atomic E-state index is 11.4. The van der Waals surface area contributed by atoms with E-state index in [1.54, 1.807) is 6.92 Å². The van der Waals surface area contributed by atoms with Crippen LogP contribution in [-0.2, 0) is 0 Å². The van der Waals surface area contributed by atoms with Crippen molar-refractivity contribution in [3.63, 3.8) is 0 Å². The van der Waals surface area contributed by atoms with Gasteiger partial charge in [-0.05, 0) is 43.6 Å². The minimum atomic E-state index is 0.104. The minimum absolute atomic E-state index is 0.104. The number of rotatable bonds is 4. The summed E-state index contributed by atoms with van der Waals surface area (Å²) < 4.78 is 4.21. The van der Waals surface area contributed by atoms with Gasteiger partial charge >= 0.3 is 0 Å². The Morgan fingerprint density at radius 2 is 2.33 bits per heavy atom. The molecule has 1 N–H and O–H groups in total. The van der Waals surface area contributed by atoms with Crippen LogP contribution >= 0.6 is 11.5 Å². The van der Waals surface area contributed by atoms with Crippen LogP contribution in [0.3, 0.4) is 0 Å². The summed E-state index contributed by atoms with van der Waals surface area (Å²) in [6.45, 7) is 6.72. The summed E-state index contributed by atoms with van der Waals surface area (Å²) in [4.78, 5) is 11.4. The maximum atomic E-state index is 11.4. The fourth-order valence-corrected chi connectivity index (χ4v) is 2.66. The quantitative estimate of drug-likeness (QED) is 0.800. The van der Waals surface area contributed by atoms with E-state index >= 15 is 0 Å². The molecule has 0 spiro atoms. The first kappa shape index (κ1) is 10.6. The number of aryl methyl sites for hydroxylation is 1. The first-order valence-electron chi connectivity index (χ1n) is 5.30. The first-order chi connectivity index (χ1) is 7.09. The number of nitrogens with one attached hydrogen (secondary N) is 1. The summed E-state index contributed by atoms with van der Waals surface area (Å²) in [5.41, 5.74) is 1.62. The third-order valence-electron chi connectivity index (χ3n) is 3.02. The van der Waals surface area contributed by atoms with Gasteiger partial charge in [0.15, 0.2) is 5.78 Å². The number of hydrogen-bond acceptors (Lipinski definition) is 4. The fourth-order valence-electron chi connectivity index (χ4n) is 1.81. The van der Waals surface area contributed by atoms with E-state index in [2.05, 4.69) is 16.6 Å². The zero-order valence-electron chi connectivity index (χ0n) is 9.33. The normalized spacial score (nSPS) is 23.9. The Morgan fingerprint density at radius 3 is 2.87 bits per heavy atom. The Labute approximate surface area is 94.1 Å². The molecule has 1 saturated carbocycles. The smallest absolute Gasteiger partial charge is 0.164 e. The lowest BCUT2D eigenvalue weighted by molar-refractivity contribution is 0.101. The molecule has 1 heterocycles. The number of Topliss-reactive ketones (excluding diaryl/α,β-unsaturated/α-hetero) is 1. The van der Waals surface area contributed by atoms with Crippen LogP contribution in [0, 0.1) is 18.8 Å². The van der Waals surface area contributed by atoms with Crippen molar-refractivity contribution < 1.29 is 4.79 Å². The molecular formula is C11H16N2OS. The highest BCUT2D eigenvalue weighted by atomic mass is 32.1. The molecule has 2 unspecified atom stereocenters. The predicted molar refractivity (Wildman–Crippen MR) is 62.6 cm³/mol. The van der Waals surface area contributed by atoms with E-state index in [-0.39, 0.29) is 5.78 Å². The van der Waals surface area contributed by atoms with Crippen LogP contribution < -0.4 is 5.32 Å². The van der Waals surface area contributed by atoms with Crippen molar-refractivity contribution in [3.05, 3.63) is 11.3 Å². The zero-order chi connectivity index (χ0) is 11.0. The summed E-state index contributed by atoms with van der Waals surface area (Å²) in [7, 11) is 0. The van der Waals surface area contributed by atoms with Gasteiger partial charge in [0.25, 0.3) is 0 Å². The van der Waals surface area contributed by atoms with Crippen LogP contribution in [0.1, 0.15) is 36.3 Å². The van der Waals surface area contributed by atoms with Crippen molar-refractivity contribution in [2.75, 3.05) is 11.9 Å². The molecule has 4 heteroatoms. The van der Waals surface area contributed by atoms with Gasteiger partial charge in [-0.3, -0.25) is 4.79 Å². The molecule has 0 saturated heterocycles. The van der Waals surface area contributed by atoms with Crippen molar-refractivity contribution >= 4 is 22.3 Å². The average molecular weight is 224 g/mol. The molecule has 0 aliphatic heterocycles. The number of carbonyl (C=O) groups excluding carboxylic acids is 1. The molecule has 3 nitrogen and oxygen atoms in total. The lowest BCUT2D eigenvalue weighted by Gasteiger charge is -2.03. The van der Waals surface area contributed by atoms with E-state index in [0.29, 0.717) is 0 Å². The van der Waals surface area contributed by atoms with Crippen molar-refractivity contribution in [2.24, 2.45) is 11.8 Å². The minimum Gasteiger partial charge on any atom is -0.375 e. The Kier molecular flexibility index (Phi) is 2.78. The van der Waals surface area contributed by atoms with Crippen LogP contribution in [0.25, 0.3) is 0 Å². The summed E-state index contributed by atoms with van der Waals surface area (Å²) in [6, 6.07) is 0. The molecule has 1 fully saturated rings. The fraction of sp³-hybridized carbons (Fsp3) is 0.636. The van der Waals surface area contributed by atoms with Crippen molar-refractivity contribution in [3.8, 4) is 0 Å².